The Bertz CT molecular complexity index is 834. The maximum absolute atomic E-state index is 12.0. The first-order valence-electron chi connectivity index (χ1n) is 7.75. The van der Waals surface area contributed by atoms with Gasteiger partial charge in [-0.05, 0) is 37.6 Å². The molecule has 2 aromatic rings. The fourth-order valence-electron chi connectivity index (χ4n) is 2.27. The first kappa shape index (κ1) is 19.5. The Morgan fingerprint density at radius 3 is 2.50 bits per heavy atom. The van der Waals surface area contributed by atoms with Crippen LogP contribution in [0.4, 0.5) is 11.4 Å². The van der Waals surface area contributed by atoms with Gasteiger partial charge in [0.25, 0.3) is 5.69 Å². The fourth-order valence-corrected chi connectivity index (χ4v) is 3.23. The highest BCUT2D eigenvalue weighted by Gasteiger charge is 2.19. The van der Waals surface area contributed by atoms with E-state index in [1.165, 1.54) is 25.3 Å². The van der Waals surface area contributed by atoms with Gasteiger partial charge in [0.15, 0.2) is 0 Å². The van der Waals surface area contributed by atoms with Crippen molar-refractivity contribution >= 4 is 34.5 Å². The zero-order valence-electron chi connectivity index (χ0n) is 14.6. The first-order chi connectivity index (χ1) is 12.3. The molecule has 138 valence electrons. The number of hydrogen-bond donors (Lipinski definition) is 2. The Morgan fingerprint density at radius 2 is 1.96 bits per heavy atom. The highest BCUT2D eigenvalue weighted by atomic mass is 32.1. The zero-order valence-corrected chi connectivity index (χ0v) is 15.4. The first-order valence-corrected chi connectivity index (χ1v) is 8.56. The molecule has 1 aromatic heterocycles. The lowest BCUT2D eigenvalue weighted by Gasteiger charge is -2.14. The standard InChI is InChI=1S/C17H19N3O5S/c1-10-8-12(20(23)24)5-6-13(10)19-17(22)16(21)18-9-14(25-3)15-7-4-11(2)26-15/h4-8,14H,9H2,1-3H3,(H,18,21)(H,19,22). The van der Waals surface area contributed by atoms with Crippen molar-refractivity contribution in [2.45, 2.75) is 20.0 Å². The Hall–Kier alpha value is -2.78. The molecule has 0 saturated heterocycles. The lowest BCUT2D eigenvalue weighted by Crippen LogP contribution is -2.38. The Kier molecular flexibility index (Phi) is 6.42. The van der Waals surface area contributed by atoms with Crippen molar-refractivity contribution in [1.82, 2.24) is 5.32 Å². The third-order valence-corrected chi connectivity index (χ3v) is 4.78. The molecule has 2 rings (SSSR count). The second-order valence-corrected chi connectivity index (χ2v) is 6.91. The molecule has 9 heteroatoms. The molecule has 1 aromatic carbocycles. The molecule has 0 saturated carbocycles. The molecule has 2 N–H and O–H groups in total. The third kappa shape index (κ3) is 4.87. The third-order valence-electron chi connectivity index (χ3n) is 3.69. The summed E-state index contributed by atoms with van der Waals surface area (Å²) < 4.78 is 5.35. The largest absolute Gasteiger partial charge is 0.374 e. The number of thiophene rings is 1. The van der Waals surface area contributed by atoms with Gasteiger partial charge in [0.1, 0.15) is 6.10 Å². The molecule has 0 fully saturated rings. The van der Waals surface area contributed by atoms with Crippen LogP contribution in [0.25, 0.3) is 0 Å². The molecule has 0 radical (unpaired) electrons. The quantitative estimate of drug-likeness (QED) is 0.457. The van der Waals surface area contributed by atoms with E-state index in [9.17, 15) is 19.7 Å². The van der Waals surface area contributed by atoms with Gasteiger partial charge in [0.2, 0.25) is 0 Å². The summed E-state index contributed by atoms with van der Waals surface area (Å²) >= 11 is 1.56. The van der Waals surface area contributed by atoms with Gasteiger partial charge in [0.05, 0.1) is 4.92 Å². The predicted octanol–water partition coefficient (Wildman–Crippen LogP) is 2.72. The van der Waals surface area contributed by atoms with Crippen molar-refractivity contribution in [3.8, 4) is 0 Å². The van der Waals surface area contributed by atoms with E-state index in [1.807, 2.05) is 19.1 Å². The molecule has 1 atom stereocenters. The van der Waals surface area contributed by atoms with E-state index in [0.717, 1.165) is 9.75 Å². The summed E-state index contributed by atoms with van der Waals surface area (Å²) in [5, 5.41) is 15.7. The summed E-state index contributed by atoms with van der Waals surface area (Å²) in [6.45, 7) is 3.74. The zero-order chi connectivity index (χ0) is 19.3. The molecular weight excluding hydrogens is 358 g/mol. The topological polar surface area (TPSA) is 111 Å². The number of ether oxygens (including phenoxy) is 1. The van der Waals surface area contributed by atoms with E-state index >= 15 is 0 Å². The summed E-state index contributed by atoms with van der Waals surface area (Å²) in [5.41, 5.74) is 0.747. The van der Waals surface area contributed by atoms with Gasteiger partial charge < -0.3 is 15.4 Å². The number of nitro benzene ring substituents is 1. The summed E-state index contributed by atoms with van der Waals surface area (Å²) in [6, 6.07) is 7.86. The van der Waals surface area contributed by atoms with Crippen LogP contribution in [0.15, 0.2) is 30.3 Å². The van der Waals surface area contributed by atoms with Crippen LogP contribution >= 0.6 is 11.3 Å². The lowest BCUT2D eigenvalue weighted by atomic mass is 10.2. The molecule has 1 heterocycles. The van der Waals surface area contributed by atoms with Crippen LogP contribution in [0.2, 0.25) is 0 Å². The van der Waals surface area contributed by atoms with E-state index < -0.39 is 16.7 Å². The van der Waals surface area contributed by atoms with Gasteiger partial charge >= 0.3 is 11.8 Å². The number of amides is 2. The van der Waals surface area contributed by atoms with Gasteiger partial charge in [-0.1, -0.05) is 0 Å². The normalized spacial score (nSPS) is 11.7. The van der Waals surface area contributed by atoms with Gasteiger partial charge in [-0.2, -0.15) is 0 Å². The average molecular weight is 377 g/mol. The number of carbonyl (C=O) groups excluding carboxylic acids is 2. The lowest BCUT2D eigenvalue weighted by molar-refractivity contribution is -0.384. The molecule has 8 nitrogen and oxygen atoms in total. The molecule has 2 amide bonds. The minimum Gasteiger partial charge on any atom is -0.374 e. The van der Waals surface area contributed by atoms with Crippen LogP contribution in [0.3, 0.4) is 0 Å². The van der Waals surface area contributed by atoms with E-state index in [1.54, 1.807) is 18.3 Å². The second-order valence-electron chi connectivity index (χ2n) is 5.59. The van der Waals surface area contributed by atoms with Crippen molar-refractivity contribution in [3.05, 3.63) is 55.8 Å². The smallest absolute Gasteiger partial charge is 0.313 e. The Morgan fingerprint density at radius 1 is 1.23 bits per heavy atom. The van der Waals surface area contributed by atoms with E-state index in [0.29, 0.717) is 11.3 Å². The summed E-state index contributed by atoms with van der Waals surface area (Å²) in [5.74, 6) is -1.66. The highest BCUT2D eigenvalue weighted by molar-refractivity contribution is 7.12. The number of nitrogens with one attached hydrogen (secondary N) is 2. The van der Waals surface area contributed by atoms with Crippen molar-refractivity contribution in [2.75, 3.05) is 19.0 Å². The molecular formula is C17H19N3O5S. The van der Waals surface area contributed by atoms with Crippen LogP contribution in [0, 0.1) is 24.0 Å². The molecule has 0 bridgehead atoms. The average Bonchev–Trinajstić information content (AvgIpc) is 3.03. The molecule has 26 heavy (non-hydrogen) atoms. The maximum atomic E-state index is 12.0. The van der Waals surface area contributed by atoms with Crippen LogP contribution in [-0.4, -0.2) is 30.4 Å². The Balaban J connectivity index is 1.95. The summed E-state index contributed by atoms with van der Waals surface area (Å²) in [4.78, 5) is 36.3. The molecule has 0 aliphatic heterocycles. The molecule has 0 aliphatic rings. The number of aryl methyl sites for hydroxylation is 2. The fraction of sp³-hybridized carbons (Fsp3) is 0.294. The monoisotopic (exact) mass is 377 g/mol. The van der Waals surface area contributed by atoms with E-state index in [2.05, 4.69) is 10.6 Å². The number of non-ortho nitro benzene ring substituents is 1. The molecule has 0 spiro atoms. The van der Waals surface area contributed by atoms with Gasteiger partial charge in [-0.15, -0.1) is 11.3 Å². The minimum absolute atomic E-state index is 0.0841. The number of nitro groups is 1. The number of nitrogens with zero attached hydrogens (tertiary/aromatic N) is 1. The van der Waals surface area contributed by atoms with Crippen molar-refractivity contribution in [3.63, 3.8) is 0 Å². The van der Waals surface area contributed by atoms with Crippen molar-refractivity contribution in [2.24, 2.45) is 0 Å². The van der Waals surface area contributed by atoms with E-state index in [-0.39, 0.29) is 18.3 Å². The number of anilines is 1. The second kappa shape index (κ2) is 8.54. The number of rotatable bonds is 6. The van der Waals surface area contributed by atoms with Gasteiger partial charge in [-0.3, -0.25) is 19.7 Å². The number of methoxy groups -OCH3 is 1. The maximum Gasteiger partial charge on any atom is 0.313 e. The van der Waals surface area contributed by atoms with Crippen LogP contribution in [0.5, 0.6) is 0 Å². The van der Waals surface area contributed by atoms with Crippen LogP contribution in [0.1, 0.15) is 21.4 Å². The van der Waals surface area contributed by atoms with Crippen LogP contribution in [-0.2, 0) is 14.3 Å². The number of carbonyl (C=O) groups is 2. The van der Waals surface area contributed by atoms with Gasteiger partial charge in [0, 0.05) is 41.2 Å². The minimum atomic E-state index is -0.848. The van der Waals surface area contributed by atoms with Crippen molar-refractivity contribution < 1.29 is 19.2 Å². The number of benzene rings is 1. The van der Waals surface area contributed by atoms with Crippen LogP contribution < -0.4 is 10.6 Å². The SMILES string of the molecule is COC(CNC(=O)C(=O)Nc1ccc([N+](=O)[O-])cc1C)c1ccc(C)s1. The molecule has 1 unspecified atom stereocenters. The Labute approximate surface area is 154 Å². The predicted molar refractivity (Wildman–Crippen MR) is 98.3 cm³/mol. The van der Waals surface area contributed by atoms with Crippen molar-refractivity contribution in [1.29, 1.82) is 0 Å². The molecule has 0 aliphatic carbocycles. The highest BCUT2D eigenvalue weighted by Crippen LogP contribution is 2.24. The van der Waals surface area contributed by atoms with Gasteiger partial charge in [-0.25, -0.2) is 0 Å². The summed E-state index contributed by atoms with van der Waals surface area (Å²) in [7, 11) is 1.53. The van der Waals surface area contributed by atoms with E-state index in [4.69, 9.17) is 4.74 Å². The number of hydrogen-bond acceptors (Lipinski definition) is 6. The summed E-state index contributed by atoms with van der Waals surface area (Å²) in [6.07, 6.45) is -0.341.